The third-order valence-corrected chi connectivity index (χ3v) is 2.80. The van der Waals surface area contributed by atoms with Gasteiger partial charge in [0.05, 0.1) is 5.56 Å². The van der Waals surface area contributed by atoms with Gasteiger partial charge in [-0.1, -0.05) is 0 Å². The Morgan fingerprint density at radius 1 is 1.53 bits per heavy atom. The number of esters is 1. The second-order valence-electron chi connectivity index (χ2n) is 3.22. The van der Waals surface area contributed by atoms with Gasteiger partial charge in [-0.05, 0) is 25.3 Å². The number of hydrogen-bond acceptors (Lipinski definition) is 5. The number of hydrogen-bond donors (Lipinski definition) is 1. The summed E-state index contributed by atoms with van der Waals surface area (Å²) in [5, 5.41) is 3.00. The van der Waals surface area contributed by atoms with Crippen LogP contribution in [-0.2, 0) is 9.53 Å². The van der Waals surface area contributed by atoms with Crippen LogP contribution in [0.3, 0.4) is 0 Å². The number of aromatic nitrogens is 1. The van der Waals surface area contributed by atoms with Crippen LogP contribution in [0.25, 0.3) is 0 Å². The summed E-state index contributed by atoms with van der Waals surface area (Å²) in [5.41, 5.74) is 0.371. The van der Waals surface area contributed by atoms with Gasteiger partial charge in [0.15, 0.2) is 6.10 Å². The van der Waals surface area contributed by atoms with Crippen molar-refractivity contribution in [2.45, 2.75) is 18.1 Å². The summed E-state index contributed by atoms with van der Waals surface area (Å²) in [6.45, 7) is 1.52. The number of pyridine rings is 1. The number of thioether (sulfide) groups is 1. The van der Waals surface area contributed by atoms with E-state index >= 15 is 0 Å². The highest BCUT2D eigenvalue weighted by Crippen LogP contribution is 2.18. The average molecular weight is 254 g/mol. The lowest BCUT2D eigenvalue weighted by Crippen LogP contribution is -2.33. The standard InChI is InChI=1S/C11H14N2O3S/c1-7(9(14)12-2)16-11(15)8-5-4-6-13-10(8)17-3/h4-7H,1-3H3,(H,12,14)/t7-/m0/s1. The fraction of sp³-hybridized carbons (Fsp3) is 0.364. The van der Waals surface area contributed by atoms with Gasteiger partial charge in [0.2, 0.25) is 0 Å². The summed E-state index contributed by atoms with van der Waals surface area (Å²) in [6.07, 6.45) is 2.61. The number of ether oxygens (including phenoxy) is 1. The largest absolute Gasteiger partial charge is 0.449 e. The zero-order chi connectivity index (χ0) is 12.8. The Balaban J connectivity index is 2.79. The molecule has 1 N–H and O–H groups in total. The SMILES string of the molecule is CNC(=O)[C@H](C)OC(=O)c1cccnc1SC. The van der Waals surface area contributed by atoms with Crippen molar-refractivity contribution >= 4 is 23.6 Å². The maximum absolute atomic E-state index is 11.8. The molecule has 0 aliphatic carbocycles. The minimum Gasteiger partial charge on any atom is -0.449 e. The zero-order valence-corrected chi connectivity index (χ0v) is 10.7. The van der Waals surface area contributed by atoms with Gasteiger partial charge in [0.25, 0.3) is 5.91 Å². The Morgan fingerprint density at radius 3 is 2.82 bits per heavy atom. The van der Waals surface area contributed by atoms with Crippen molar-refractivity contribution in [1.82, 2.24) is 10.3 Å². The summed E-state index contributed by atoms with van der Waals surface area (Å²) >= 11 is 1.35. The van der Waals surface area contributed by atoms with Crippen LogP contribution in [0.5, 0.6) is 0 Å². The molecule has 6 heteroatoms. The van der Waals surface area contributed by atoms with E-state index in [1.54, 1.807) is 18.3 Å². The molecule has 0 radical (unpaired) electrons. The van der Waals surface area contributed by atoms with Gasteiger partial charge in [-0.2, -0.15) is 0 Å². The van der Waals surface area contributed by atoms with E-state index in [1.807, 2.05) is 6.26 Å². The van der Waals surface area contributed by atoms with Crippen LogP contribution in [0.1, 0.15) is 17.3 Å². The predicted octanol–water partition coefficient (Wildman–Crippen LogP) is 1.09. The third-order valence-electron chi connectivity index (χ3n) is 2.08. The van der Waals surface area contributed by atoms with Gasteiger partial charge in [0.1, 0.15) is 5.03 Å². The first-order chi connectivity index (χ1) is 8.10. The Bertz CT molecular complexity index is 423. The van der Waals surface area contributed by atoms with Gasteiger partial charge in [-0.15, -0.1) is 11.8 Å². The second kappa shape index (κ2) is 6.24. The van der Waals surface area contributed by atoms with Crippen molar-refractivity contribution < 1.29 is 14.3 Å². The number of nitrogens with zero attached hydrogens (tertiary/aromatic N) is 1. The molecule has 0 unspecified atom stereocenters. The molecule has 0 aromatic carbocycles. The molecule has 1 atom stereocenters. The molecule has 1 amide bonds. The first-order valence-electron chi connectivity index (χ1n) is 5.01. The summed E-state index contributed by atoms with van der Waals surface area (Å²) in [7, 11) is 1.49. The molecule has 0 saturated heterocycles. The van der Waals surface area contributed by atoms with Gasteiger partial charge in [-0.25, -0.2) is 9.78 Å². The molecule has 0 bridgehead atoms. The fourth-order valence-corrected chi connectivity index (χ4v) is 1.73. The Hall–Kier alpha value is -1.56. The lowest BCUT2D eigenvalue weighted by molar-refractivity contribution is -0.128. The van der Waals surface area contributed by atoms with Crippen molar-refractivity contribution in [2.75, 3.05) is 13.3 Å². The summed E-state index contributed by atoms with van der Waals surface area (Å²) < 4.78 is 5.03. The monoisotopic (exact) mass is 254 g/mol. The molecule has 0 spiro atoms. The third kappa shape index (κ3) is 3.45. The van der Waals surface area contributed by atoms with E-state index in [2.05, 4.69) is 10.3 Å². The molecule has 1 aromatic rings. The maximum atomic E-state index is 11.8. The molecule has 1 rings (SSSR count). The quantitative estimate of drug-likeness (QED) is 0.643. The van der Waals surface area contributed by atoms with Crippen molar-refractivity contribution in [3.8, 4) is 0 Å². The topological polar surface area (TPSA) is 68.3 Å². The number of likely N-dealkylation sites (N-methyl/N-ethyl adjacent to an activating group) is 1. The van der Waals surface area contributed by atoms with Crippen LogP contribution in [0.15, 0.2) is 23.4 Å². The minimum absolute atomic E-state index is 0.340. The summed E-state index contributed by atoms with van der Waals surface area (Å²) in [4.78, 5) is 27.1. The van der Waals surface area contributed by atoms with E-state index in [-0.39, 0.29) is 5.91 Å². The summed E-state index contributed by atoms with van der Waals surface area (Å²) in [6, 6.07) is 3.28. The van der Waals surface area contributed by atoms with E-state index in [9.17, 15) is 9.59 Å². The van der Waals surface area contributed by atoms with Crippen LogP contribution in [0.4, 0.5) is 0 Å². The van der Waals surface area contributed by atoms with Gasteiger partial charge < -0.3 is 10.1 Å². The first kappa shape index (κ1) is 13.5. The molecule has 0 fully saturated rings. The molecule has 0 saturated carbocycles. The second-order valence-corrected chi connectivity index (χ2v) is 4.02. The number of nitrogens with one attached hydrogen (secondary N) is 1. The van der Waals surface area contributed by atoms with Crippen molar-refractivity contribution in [1.29, 1.82) is 0 Å². The van der Waals surface area contributed by atoms with Gasteiger partial charge >= 0.3 is 5.97 Å². The van der Waals surface area contributed by atoms with Crippen LogP contribution in [-0.4, -0.2) is 36.3 Å². The van der Waals surface area contributed by atoms with Crippen molar-refractivity contribution in [3.63, 3.8) is 0 Å². The van der Waals surface area contributed by atoms with E-state index in [0.717, 1.165) is 0 Å². The van der Waals surface area contributed by atoms with Crippen molar-refractivity contribution in [3.05, 3.63) is 23.9 Å². The molecular weight excluding hydrogens is 240 g/mol. The first-order valence-corrected chi connectivity index (χ1v) is 6.24. The minimum atomic E-state index is -0.817. The number of carbonyl (C=O) groups excluding carboxylic acids is 2. The molecule has 92 valence electrons. The van der Waals surface area contributed by atoms with E-state index in [1.165, 1.54) is 25.7 Å². The Morgan fingerprint density at radius 2 is 2.24 bits per heavy atom. The fourth-order valence-electron chi connectivity index (χ4n) is 1.19. The highest BCUT2D eigenvalue weighted by molar-refractivity contribution is 7.98. The lowest BCUT2D eigenvalue weighted by atomic mass is 10.3. The number of carbonyl (C=O) groups is 2. The van der Waals surface area contributed by atoms with Crippen LogP contribution < -0.4 is 5.32 Å². The van der Waals surface area contributed by atoms with E-state index in [0.29, 0.717) is 10.6 Å². The number of rotatable bonds is 4. The highest BCUT2D eigenvalue weighted by atomic mass is 32.2. The van der Waals surface area contributed by atoms with Crippen LogP contribution >= 0.6 is 11.8 Å². The van der Waals surface area contributed by atoms with Gasteiger partial charge in [0, 0.05) is 13.2 Å². The summed E-state index contributed by atoms with van der Waals surface area (Å²) in [5.74, 6) is -0.883. The Kier molecular flexibility index (Phi) is 4.96. The Labute approximate surface area is 104 Å². The molecule has 17 heavy (non-hydrogen) atoms. The normalized spacial score (nSPS) is 11.7. The van der Waals surface area contributed by atoms with Crippen LogP contribution in [0, 0.1) is 0 Å². The highest BCUT2D eigenvalue weighted by Gasteiger charge is 2.19. The van der Waals surface area contributed by atoms with E-state index < -0.39 is 12.1 Å². The molecule has 5 nitrogen and oxygen atoms in total. The average Bonchev–Trinajstić information content (AvgIpc) is 2.37. The van der Waals surface area contributed by atoms with E-state index in [4.69, 9.17) is 4.74 Å². The smallest absolute Gasteiger partial charge is 0.341 e. The zero-order valence-electron chi connectivity index (χ0n) is 9.89. The van der Waals surface area contributed by atoms with Gasteiger partial charge in [-0.3, -0.25) is 4.79 Å². The van der Waals surface area contributed by atoms with Crippen molar-refractivity contribution in [2.24, 2.45) is 0 Å². The predicted molar refractivity (Wildman–Crippen MR) is 65.0 cm³/mol. The molecule has 1 aromatic heterocycles. The lowest BCUT2D eigenvalue weighted by Gasteiger charge is -2.12. The molecule has 1 heterocycles. The molecule has 0 aliphatic rings. The molecule has 0 aliphatic heterocycles. The molecular formula is C11H14N2O3S. The number of amides is 1. The van der Waals surface area contributed by atoms with Crippen LogP contribution in [0.2, 0.25) is 0 Å². The maximum Gasteiger partial charge on any atom is 0.341 e.